The van der Waals surface area contributed by atoms with Gasteiger partial charge in [0, 0.05) is 5.69 Å². The Labute approximate surface area is 195 Å². The van der Waals surface area contributed by atoms with Crippen LogP contribution in [0.25, 0.3) is 5.57 Å². The average Bonchev–Trinajstić information content (AvgIpc) is 3.48. The number of amides is 2. The van der Waals surface area contributed by atoms with Gasteiger partial charge in [0.25, 0.3) is 11.8 Å². The number of aliphatic imine (C=N–C) groups is 1. The van der Waals surface area contributed by atoms with Crippen molar-refractivity contribution in [3.05, 3.63) is 77.8 Å². The van der Waals surface area contributed by atoms with Crippen LogP contribution in [0.15, 0.2) is 71.4 Å². The SMILES string of the molecule is C=C/C(=C\CCC)c1ccc(C(=O)NC=NCNC(=O)C2=CCC(C)(C3=CCCC=C3)N2)[nH]1. The second-order valence-electron chi connectivity index (χ2n) is 8.31. The van der Waals surface area contributed by atoms with Crippen molar-refractivity contribution >= 4 is 23.7 Å². The summed E-state index contributed by atoms with van der Waals surface area (Å²) in [5.41, 5.74) is 3.74. The second-order valence-corrected chi connectivity index (χ2v) is 8.31. The van der Waals surface area contributed by atoms with E-state index in [1.807, 2.05) is 12.1 Å². The third-order valence-corrected chi connectivity index (χ3v) is 5.73. The van der Waals surface area contributed by atoms with Crippen molar-refractivity contribution in [3.63, 3.8) is 0 Å². The van der Waals surface area contributed by atoms with Crippen LogP contribution in [0.4, 0.5) is 0 Å². The maximum absolute atomic E-state index is 12.4. The lowest BCUT2D eigenvalue weighted by Gasteiger charge is -2.29. The van der Waals surface area contributed by atoms with Crippen LogP contribution in [0.3, 0.4) is 0 Å². The van der Waals surface area contributed by atoms with E-state index in [1.165, 1.54) is 11.9 Å². The van der Waals surface area contributed by atoms with Gasteiger partial charge < -0.3 is 20.9 Å². The van der Waals surface area contributed by atoms with Crippen molar-refractivity contribution < 1.29 is 9.59 Å². The highest BCUT2D eigenvalue weighted by Crippen LogP contribution is 2.31. The average molecular weight is 448 g/mol. The van der Waals surface area contributed by atoms with Gasteiger partial charge in [-0.15, -0.1) is 0 Å². The molecule has 1 aromatic rings. The van der Waals surface area contributed by atoms with E-state index < -0.39 is 0 Å². The number of unbranched alkanes of at least 4 members (excludes halogenated alkanes) is 1. The highest BCUT2D eigenvalue weighted by molar-refractivity contribution is 5.99. The molecule has 0 aromatic carbocycles. The molecule has 1 unspecified atom stereocenters. The van der Waals surface area contributed by atoms with Gasteiger partial charge in [0.2, 0.25) is 0 Å². The molecule has 4 N–H and O–H groups in total. The Hall–Kier alpha value is -3.61. The van der Waals surface area contributed by atoms with E-state index in [4.69, 9.17) is 0 Å². The van der Waals surface area contributed by atoms with E-state index in [9.17, 15) is 9.59 Å². The zero-order chi connectivity index (χ0) is 23.7. The van der Waals surface area contributed by atoms with Crippen LogP contribution in [-0.2, 0) is 4.79 Å². The predicted molar refractivity (Wildman–Crippen MR) is 134 cm³/mol. The normalized spacial score (nSPS) is 20.2. The monoisotopic (exact) mass is 447 g/mol. The molecule has 0 saturated heterocycles. The quantitative estimate of drug-likeness (QED) is 0.247. The van der Waals surface area contributed by atoms with E-state index in [0.717, 1.165) is 43.4 Å². The summed E-state index contributed by atoms with van der Waals surface area (Å²) >= 11 is 0. The van der Waals surface area contributed by atoms with E-state index in [-0.39, 0.29) is 24.0 Å². The summed E-state index contributed by atoms with van der Waals surface area (Å²) in [5, 5.41) is 8.69. The summed E-state index contributed by atoms with van der Waals surface area (Å²) in [6.07, 6.45) is 18.4. The highest BCUT2D eigenvalue weighted by Gasteiger charge is 2.34. The standard InChI is InChI=1S/C26H33N5O2/c1-4-6-10-19(5-2)21-13-14-22(30-21)24(32)28-17-27-18-29-25(33)23-15-16-26(3,31-23)20-11-8-7-9-12-20/h5,8,10-15,17,30-31H,2,4,6-7,9,16,18H2,1,3H3,(H,29,33)(H,27,28,32)/b19-10+. The van der Waals surface area contributed by atoms with Gasteiger partial charge in [-0.05, 0) is 55.9 Å². The largest absolute Gasteiger partial charge is 0.371 e. The fourth-order valence-electron chi connectivity index (χ4n) is 3.81. The molecule has 174 valence electrons. The molecule has 1 atom stereocenters. The molecule has 2 heterocycles. The van der Waals surface area contributed by atoms with Gasteiger partial charge in [-0.3, -0.25) is 14.6 Å². The molecule has 2 aliphatic rings. The zero-order valence-electron chi connectivity index (χ0n) is 19.4. The summed E-state index contributed by atoms with van der Waals surface area (Å²) in [4.78, 5) is 31.9. The Bertz CT molecular complexity index is 1040. The molecule has 1 aliphatic carbocycles. The van der Waals surface area contributed by atoms with Gasteiger partial charge >= 0.3 is 0 Å². The summed E-state index contributed by atoms with van der Waals surface area (Å²) in [6, 6.07) is 3.57. The van der Waals surface area contributed by atoms with Crippen LogP contribution in [0.5, 0.6) is 0 Å². The van der Waals surface area contributed by atoms with E-state index in [0.29, 0.717) is 11.4 Å². The Morgan fingerprint density at radius 3 is 2.76 bits per heavy atom. The van der Waals surface area contributed by atoms with Crippen molar-refractivity contribution in [2.45, 2.75) is 51.5 Å². The molecule has 1 aromatic heterocycles. The third kappa shape index (κ3) is 6.22. The molecule has 0 bridgehead atoms. The minimum atomic E-state index is -0.306. The number of allylic oxidation sites excluding steroid dienone is 5. The van der Waals surface area contributed by atoms with Crippen LogP contribution in [0.1, 0.15) is 62.1 Å². The lowest BCUT2D eigenvalue weighted by atomic mass is 9.87. The van der Waals surface area contributed by atoms with Crippen molar-refractivity contribution in [1.29, 1.82) is 0 Å². The topological polar surface area (TPSA) is 98.4 Å². The molecule has 0 fully saturated rings. The van der Waals surface area contributed by atoms with Gasteiger partial charge in [0.1, 0.15) is 12.4 Å². The van der Waals surface area contributed by atoms with Gasteiger partial charge in [-0.25, -0.2) is 0 Å². The van der Waals surface area contributed by atoms with Crippen molar-refractivity contribution in [2.24, 2.45) is 4.99 Å². The van der Waals surface area contributed by atoms with Crippen LogP contribution in [0, 0.1) is 0 Å². The first-order valence-electron chi connectivity index (χ1n) is 11.4. The molecule has 0 saturated carbocycles. The van der Waals surface area contributed by atoms with Gasteiger partial charge in [-0.1, -0.05) is 56.4 Å². The number of carbonyl (C=O) groups excluding carboxylic acids is 2. The number of nitrogens with zero attached hydrogens (tertiary/aromatic N) is 1. The maximum Gasteiger partial charge on any atom is 0.272 e. The van der Waals surface area contributed by atoms with Crippen LogP contribution in [-0.4, -0.2) is 35.3 Å². The third-order valence-electron chi connectivity index (χ3n) is 5.73. The molecule has 0 spiro atoms. The summed E-state index contributed by atoms with van der Waals surface area (Å²) in [6.45, 7) is 8.10. The van der Waals surface area contributed by atoms with Crippen molar-refractivity contribution in [3.8, 4) is 0 Å². The van der Waals surface area contributed by atoms with Crippen molar-refractivity contribution in [1.82, 2.24) is 20.9 Å². The molecule has 2 amide bonds. The minimum Gasteiger partial charge on any atom is -0.371 e. The maximum atomic E-state index is 12.4. The number of nitrogens with one attached hydrogen (secondary N) is 4. The van der Waals surface area contributed by atoms with Gasteiger partial charge in [-0.2, -0.15) is 0 Å². The number of aromatic amines is 1. The first kappa shape index (κ1) is 24.0. The zero-order valence-corrected chi connectivity index (χ0v) is 19.4. The fraction of sp³-hybridized carbons (Fsp3) is 0.346. The smallest absolute Gasteiger partial charge is 0.272 e. The first-order valence-corrected chi connectivity index (χ1v) is 11.4. The number of hydrogen-bond donors (Lipinski definition) is 4. The van der Waals surface area contributed by atoms with Crippen molar-refractivity contribution in [2.75, 3.05) is 6.67 Å². The summed E-state index contributed by atoms with van der Waals surface area (Å²) < 4.78 is 0. The minimum absolute atomic E-state index is 0.0633. The predicted octanol–water partition coefficient (Wildman–Crippen LogP) is 4.13. The number of H-pyrrole nitrogens is 1. The van der Waals surface area contributed by atoms with E-state index >= 15 is 0 Å². The molecule has 7 nitrogen and oxygen atoms in total. The van der Waals surface area contributed by atoms with Crippen LogP contribution in [0.2, 0.25) is 0 Å². The molecular formula is C26H33N5O2. The van der Waals surface area contributed by atoms with Crippen LogP contribution >= 0.6 is 0 Å². The summed E-state index contributed by atoms with van der Waals surface area (Å²) in [7, 11) is 0. The summed E-state index contributed by atoms with van der Waals surface area (Å²) in [5.74, 6) is -0.521. The number of aromatic nitrogens is 1. The number of hydrogen-bond acceptors (Lipinski definition) is 4. The highest BCUT2D eigenvalue weighted by atomic mass is 16.2. The molecule has 7 heteroatoms. The first-order chi connectivity index (χ1) is 16.0. The van der Waals surface area contributed by atoms with Gasteiger partial charge in [0.05, 0.1) is 17.6 Å². The molecular weight excluding hydrogens is 414 g/mol. The Morgan fingerprint density at radius 1 is 1.21 bits per heavy atom. The Balaban J connectivity index is 1.44. The lowest BCUT2D eigenvalue weighted by Crippen LogP contribution is -2.42. The number of rotatable bonds is 10. The molecule has 0 radical (unpaired) electrons. The molecule has 1 aliphatic heterocycles. The number of carbonyl (C=O) groups is 2. The van der Waals surface area contributed by atoms with E-state index in [1.54, 1.807) is 12.1 Å². The molecule has 3 rings (SSSR count). The Kier molecular flexibility index (Phi) is 8.24. The van der Waals surface area contributed by atoms with Crippen LogP contribution < -0.4 is 16.0 Å². The second kappa shape index (κ2) is 11.3. The van der Waals surface area contributed by atoms with Gasteiger partial charge in [0.15, 0.2) is 0 Å². The fourth-order valence-corrected chi connectivity index (χ4v) is 3.81. The lowest BCUT2D eigenvalue weighted by molar-refractivity contribution is -0.117. The molecule has 33 heavy (non-hydrogen) atoms. The van der Waals surface area contributed by atoms with E-state index in [2.05, 4.69) is 70.7 Å². The Morgan fingerprint density at radius 2 is 2.03 bits per heavy atom.